The molecule has 1 saturated heterocycles. The summed E-state index contributed by atoms with van der Waals surface area (Å²) >= 11 is 0. The van der Waals surface area contributed by atoms with Crippen molar-refractivity contribution in [2.24, 2.45) is 0 Å². The molecule has 4 heterocycles. The van der Waals surface area contributed by atoms with Gasteiger partial charge in [-0.3, -0.25) is 0 Å². The number of anilines is 2. The molecule has 6 rings (SSSR count). The highest BCUT2D eigenvalue weighted by Gasteiger charge is 2.34. The largest absolute Gasteiger partial charge is 0.478 e. The Bertz CT molecular complexity index is 1690. The van der Waals surface area contributed by atoms with Crippen molar-refractivity contribution in [2.45, 2.75) is 0 Å². The molecule has 2 aliphatic heterocycles. The first-order valence-electron chi connectivity index (χ1n) is 12.1. The molecule has 38 heavy (non-hydrogen) atoms. The van der Waals surface area contributed by atoms with Gasteiger partial charge >= 0.3 is 5.97 Å². The number of hydrogen-bond donors (Lipinski definition) is 4. The topological polar surface area (TPSA) is 137 Å². The number of carboxylic acid groups (broad SMARTS) is 1. The van der Waals surface area contributed by atoms with Gasteiger partial charge in [-0.05, 0) is 47.5 Å². The fourth-order valence-electron chi connectivity index (χ4n) is 4.91. The Morgan fingerprint density at radius 3 is 2.68 bits per heavy atom. The number of nitrogens with one attached hydrogen (secondary N) is 3. The van der Waals surface area contributed by atoms with E-state index in [4.69, 9.17) is 4.74 Å². The molecule has 2 aromatic heterocycles. The van der Waals surface area contributed by atoms with Gasteiger partial charge in [0.05, 0.1) is 36.7 Å². The molecule has 10 nitrogen and oxygen atoms in total. The lowest BCUT2D eigenvalue weighted by Gasteiger charge is -2.31. The Morgan fingerprint density at radius 2 is 1.87 bits per heavy atom. The van der Waals surface area contributed by atoms with Crippen molar-refractivity contribution < 1.29 is 23.1 Å². The van der Waals surface area contributed by atoms with Crippen LogP contribution in [0.3, 0.4) is 0 Å². The number of morpholine rings is 1. The van der Waals surface area contributed by atoms with Crippen molar-refractivity contribution in [1.82, 2.24) is 14.3 Å². The number of carboxylic acids is 1. The molecule has 0 bridgehead atoms. The molecule has 11 heteroatoms. The van der Waals surface area contributed by atoms with Crippen LogP contribution in [0.1, 0.15) is 15.9 Å². The second-order valence-corrected chi connectivity index (χ2v) is 11.0. The lowest BCUT2D eigenvalue weighted by molar-refractivity contribution is 0.0698. The monoisotopic (exact) mass is 531 g/mol. The number of rotatable bonds is 6. The lowest BCUT2D eigenvalue weighted by Crippen LogP contribution is -2.43. The smallest absolute Gasteiger partial charge is 0.337 e. The molecule has 4 N–H and O–H groups in total. The van der Waals surface area contributed by atoms with Crippen LogP contribution in [0.25, 0.3) is 27.9 Å². The summed E-state index contributed by atoms with van der Waals surface area (Å²) in [5.41, 5.74) is 4.62. The van der Waals surface area contributed by atoms with Crippen molar-refractivity contribution in [3.63, 3.8) is 0 Å². The second-order valence-electron chi connectivity index (χ2n) is 9.00. The van der Waals surface area contributed by atoms with E-state index in [1.165, 1.54) is 10.4 Å². The second kappa shape index (κ2) is 9.60. The quantitative estimate of drug-likeness (QED) is 0.295. The Labute approximate surface area is 219 Å². The summed E-state index contributed by atoms with van der Waals surface area (Å²) in [7, 11) is -3.89. The maximum atomic E-state index is 13.9. The number of benzene rings is 2. The Balaban J connectivity index is 1.54. The van der Waals surface area contributed by atoms with Crippen molar-refractivity contribution in [3.05, 3.63) is 83.0 Å². The molecule has 0 spiro atoms. The molecule has 0 atom stereocenters. The fourth-order valence-corrected chi connectivity index (χ4v) is 6.53. The zero-order valence-electron chi connectivity index (χ0n) is 20.3. The minimum absolute atomic E-state index is 0.0440. The van der Waals surface area contributed by atoms with Crippen molar-refractivity contribution >= 4 is 44.1 Å². The van der Waals surface area contributed by atoms with Crippen molar-refractivity contribution in [2.75, 3.05) is 43.5 Å². The first kappa shape index (κ1) is 24.2. The third kappa shape index (κ3) is 4.20. The van der Waals surface area contributed by atoms with Gasteiger partial charge in [-0.1, -0.05) is 18.2 Å². The molecule has 2 aromatic carbocycles. The molecule has 4 aromatic rings. The van der Waals surface area contributed by atoms with Gasteiger partial charge in [-0.2, -0.15) is 4.31 Å². The first-order valence-corrected chi connectivity index (χ1v) is 13.6. The molecule has 0 unspecified atom stereocenters. The maximum Gasteiger partial charge on any atom is 0.337 e. The van der Waals surface area contributed by atoms with Crippen LogP contribution in [-0.2, 0) is 14.8 Å². The maximum absolute atomic E-state index is 13.9. The predicted molar refractivity (Wildman–Crippen MR) is 145 cm³/mol. The molecular formula is C27H25N5O5S. The number of aromatic carboxylic acids is 1. The van der Waals surface area contributed by atoms with Crippen LogP contribution in [0, 0.1) is 0 Å². The standard InChI is InChI=1S/C27H25N5O5S/c33-27(34)20-3-1-2-4-23(20)31-25-21-15-17(18-7-9-28-26-19(18)8-10-29-26)5-6-22(21)30-16-24(25)38(35,36)32-11-13-37-14-12-32/h1-10,15,30-31H,11-14,16H2,(H,28,29)(H,33,34). The van der Waals surface area contributed by atoms with Crippen molar-refractivity contribution in [3.8, 4) is 11.1 Å². The fraction of sp³-hybridized carbons (Fsp3) is 0.185. The summed E-state index contributed by atoms with van der Waals surface area (Å²) in [5, 5.41) is 17.2. The Hall–Kier alpha value is -4.19. The van der Waals surface area contributed by atoms with Crippen LogP contribution in [0.4, 0.5) is 11.4 Å². The van der Waals surface area contributed by atoms with Gasteiger partial charge < -0.3 is 25.5 Å². The number of para-hydroxylation sites is 1. The predicted octanol–water partition coefficient (Wildman–Crippen LogP) is 3.80. The third-order valence-electron chi connectivity index (χ3n) is 6.82. The summed E-state index contributed by atoms with van der Waals surface area (Å²) < 4.78 is 34.5. The summed E-state index contributed by atoms with van der Waals surface area (Å²) in [4.78, 5) is 19.6. The number of fused-ring (bicyclic) bond motifs is 2. The highest BCUT2D eigenvalue weighted by Crippen LogP contribution is 2.39. The molecule has 194 valence electrons. The lowest BCUT2D eigenvalue weighted by atomic mass is 9.97. The van der Waals surface area contributed by atoms with E-state index in [1.807, 2.05) is 36.5 Å². The number of pyridine rings is 1. The molecule has 0 amide bonds. The highest BCUT2D eigenvalue weighted by atomic mass is 32.2. The zero-order valence-corrected chi connectivity index (χ0v) is 21.1. The molecule has 0 radical (unpaired) electrons. The van der Waals surface area contributed by atoms with Gasteiger partial charge in [0.25, 0.3) is 0 Å². The summed E-state index contributed by atoms with van der Waals surface area (Å²) in [6.45, 7) is 1.20. The number of hydrogen-bond acceptors (Lipinski definition) is 7. The Kier molecular flexibility index (Phi) is 6.10. The number of ether oxygens (including phenoxy) is 1. The zero-order chi connectivity index (χ0) is 26.3. The Morgan fingerprint density at radius 1 is 1.05 bits per heavy atom. The van der Waals surface area contributed by atoms with Gasteiger partial charge in [0.15, 0.2) is 0 Å². The van der Waals surface area contributed by atoms with Gasteiger partial charge in [0.1, 0.15) is 10.6 Å². The molecule has 0 aliphatic carbocycles. The van der Waals surface area contributed by atoms with Crippen molar-refractivity contribution in [1.29, 1.82) is 0 Å². The van der Waals surface area contributed by atoms with Gasteiger partial charge in [-0.15, -0.1) is 0 Å². The minimum atomic E-state index is -3.89. The SMILES string of the molecule is O=C(O)c1ccccc1NC1=C(S(=O)(=O)N2CCOCC2)CNc2ccc(-c3ccnc4[nH]ccc34)cc21. The van der Waals surface area contributed by atoms with Crippen LogP contribution in [0.15, 0.2) is 71.9 Å². The number of H-pyrrole nitrogens is 1. The highest BCUT2D eigenvalue weighted by molar-refractivity contribution is 7.93. The van der Waals surface area contributed by atoms with Crippen LogP contribution < -0.4 is 10.6 Å². The third-order valence-corrected chi connectivity index (χ3v) is 8.83. The van der Waals surface area contributed by atoms with Crippen LogP contribution >= 0.6 is 0 Å². The molecule has 2 aliphatic rings. The number of aromatic amines is 1. The minimum Gasteiger partial charge on any atom is -0.478 e. The van der Waals surface area contributed by atoms with E-state index in [0.29, 0.717) is 30.2 Å². The van der Waals surface area contributed by atoms with Crippen LogP contribution in [-0.4, -0.2) is 66.6 Å². The van der Waals surface area contributed by atoms with Crippen LogP contribution in [0.5, 0.6) is 0 Å². The molecular weight excluding hydrogens is 506 g/mol. The summed E-state index contributed by atoms with van der Waals surface area (Å²) in [5.74, 6) is -1.11. The van der Waals surface area contributed by atoms with E-state index in [9.17, 15) is 18.3 Å². The molecule has 1 fully saturated rings. The van der Waals surface area contributed by atoms with E-state index in [2.05, 4.69) is 20.6 Å². The van der Waals surface area contributed by atoms with E-state index < -0.39 is 16.0 Å². The van der Waals surface area contributed by atoms with E-state index in [0.717, 1.165) is 27.8 Å². The van der Waals surface area contributed by atoms with E-state index in [1.54, 1.807) is 24.4 Å². The van der Waals surface area contributed by atoms with Gasteiger partial charge in [0.2, 0.25) is 10.0 Å². The van der Waals surface area contributed by atoms with Gasteiger partial charge in [0, 0.05) is 42.1 Å². The first-order chi connectivity index (χ1) is 18.4. The normalized spacial score (nSPS) is 16.2. The van der Waals surface area contributed by atoms with E-state index in [-0.39, 0.29) is 30.1 Å². The van der Waals surface area contributed by atoms with E-state index >= 15 is 0 Å². The summed E-state index contributed by atoms with van der Waals surface area (Å²) in [6.07, 6.45) is 3.54. The number of nitrogens with zero attached hydrogens (tertiary/aromatic N) is 2. The van der Waals surface area contributed by atoms with Gasteiger partial charge in [-0.25, -0.2) is 18.2 Å². The molecule has 0 saturated carbocycles. The number of carbonyl (C=O) groups is 1. The average Bonchev–Trinajstić information content (AvgIpc) is 3.43. The number of sulfonamides is 1. The number of aromatic nitrogens is 2. The van der Waals surface area contributed by atoms with Crippen LogP contribution in [0.2, 0.25) is 0 Å². The average molecular weight is 532 g/mol. The summed E-state index contributed by atoms with van der Waals surface area (Å²) in [6, 6.07) is 16.1.